The molecular weight excluding hydrogens is 489 g/mol. The number of hydrogen-bond acceptors (Lipinski definition) is 3. The second-order valence-corrected chi connectivity index (χ2v) is 11.6. The van der Waals surface area contributed by atoms with Crippen LogP contribution in [-0.2, 0) is 16.2 Å². The van der Waals surface area contributed by atoms with E-state index in [0.29, 0.717) is 30.2 Å². The molecule has 0 fully saturated rings. The Kier molecular flexibility index (Phi) is 9.62. The molecule has 0 atom stereocenters. The summed E-state index contributed by atoms with van der Waals surface area (Å²) in [4.78, 5) is 12.6. The Hall–Kier alpha value is -2.55. The fourth-order valence-corrected chi connectivity index (χ4v) is 5.61. The average molecular weight is 527 g/mol. The molecule has 9 heteroatoms. The van der Waals surface area contributed by atoms with E-state index in [1.54, 1.807) is 0 Å². The Labute approximate surface area is 212 Å². The van der Waals surface area contributed by atoms with Crippen LogP contribution in [0.1, 0.15) is 112 Å². The Balaban J connectivity index is 2.66. The van der Waals surface area contributed by atoms with Crippen molar-refractivity contribution in [3.8, 4) is 0 Å². The maximum atomic E-state index is 13.7. The summed E-state index contributed by atoms with van der Waals surface area (Å²) in [5.41, 5.74) is 0.506. The van der Waals surface area contributed by atoms with Gasteiger partial charge in [-0.15, -0.1) is 0 Å². The highest BCUT2D eigenvalue weighted by Gasteiger charge is 2.33. The molecule has 0 bridgehead atoms. The van der Waals surface area contributed by atoms with E-state index in [1.165, 1.54) is 0 Å². The van der Waals surface area contributed by atoms with Gasteiger partial charge in [0.15, 0.2) is 0 Å². The van der Waals surface area contributed by atoms with Gasteiger partial charge in [0.1, 0.15) is 0 Å². The lowest BCUT2D eigenvalue weighted by Crippen LogP contribution is -2.25. The van der Waals surface area contributed by atoms with Gasteiger partial charge in [0, 0.05) is 12.1 Å². The normalized spacial score (nSPS) is 12.5. The predicted molar refractivity (Wildman–Crippen MR) is 138 cm³/mol. The third kappa shape index (κ3) is 7.24. The van der Waals surface area contributed by atoms with Crippen LogP contribution in [0.15, 0.2) is 35.2 Å². The highest BCUT2D eigenvalue weighted by Crippen LogP contribution is 2.37. The second kappa shape index (κ2) is 11.7. The minimum Gasteiger partial charge on any atom is -0.352 e. The molecule has 0 aromatic heterocycles. The van der Waals surface area contributed by atoms with Crippen molar-refractivity contribution in [3.63, 3.8) is 0 Å². The van der Waals surface area contributed by atoms with Crippen molar-refractivity contribution in [2.75, 3.05) is 11.3 Å². The van der Waals surface area contributed by atoms with Crippen molar-refractivity contribution in [1.82, 2.24) is 5.32 Å². The van der Waals surface area contributed by atoms with Crippen LogP contribution in [0, 0.1) is 0 Å². The molecule has 0 radical (unpaired) electrons. The van der Waals surface area contributed by atoms with Crippen LogP contribution in [0.3, 0.4) is 0 Å². The van der Waals surface area contributed by atoms with E-state index in [2.05, 4.69) is 10.0 Å². The summed E-state index contributed by atoms with van der Waals surface area (Å²) in [6.07, 6.45) is -3.28. The van der Waals surface area contributed by atoms with Crippen molar-refractivity contribution < 1.29 is 26.4 Å². The van der Waals surface area contributed by atoms with Crippen LogP contribution in [0.5, 0.6) is 0 Å². The Morgan fingerprint density at radius 2 is 1.44 bits per heavy atom. The lowest BCUT2D eigenvalue weighted by Gasteiger charge is -2.23. The summed E-state index contributed by atoms with van der Waals surface area (Å²) in [5, 5.41) is 2.58. The van der Waals surface area contributed by atoms with Crippen molar-refractivity contribution >= 4 is 21.6 Å². The van der Waals surface area contributed by atoms with Crippen molar-refractivity contribution in [2.24, 2.45) is 0 Å². The molecule has 0 saturated heterocycles. The first kappa shape index (κ1) is 29.7. The van der Waals surface area contributed by atoms with Gasteiger partial charge in [-0.1, -0.05) is 67.0 Å². The molecule has 2 rings (SSSR count). The number of carbonyl (C=O) groups is 1. The first-order chi connectivity index (χ1) is 16.6. The zero-order valence-electron chi connectivity index (χ0n) is 22.0. The van der Waals surface area contributed by atoms with Gasteiger partial charge in [-0.05, 0) is 59.1 Å². The number of anilines is 1. The number of rotatable bonds is 10. The molecule has 2 aromatic rings. The fourth-order valence-electron chi connectivity index (χ4n) is 3.87. The SMILES string of the molecule is CCCCNC(=O)c1cc(NS(=O)(=O)c2c(C(C)C)cc(C(C)C)cc2C(C)C)cc(C(F)(F)F)c1. The van der Waals surface area contributed by atoms with Gasteiger partial charge in [-0.3, -0.25) is 9.52 Å². The van der Waals surface area contributed by atoms with E-state index >= 15 is 0 Å². The summed E-state index contributed by atoms with van der Waals surface area (Å²) < 4.78 is 70.6. The molecule has 200 valence electrons. The summed E-state index contributed by atoms with van der Waals surface area (Å²) in [7, 11) is -4.28. The molecule has 2 aromatic carbocycles. The number of halogens is 3. The maximum Gasteiger partial charge on any atom is 0.416 e. The maximum absolute atomic E-state index is 13.7. The highest BCUT2D eigenvalue weighted by molar-refractivity contribution is 7.92. The molecule has 1 amide bonds. The quantitative estimate of drug-likeness (QED) is 0.317. The van der Waals surface area contributed by atoms with Crippen LogP contribution in [-0.4, -0.2) is 20.9 Å². The lowest BCUT2D eigenvalue weighted by atomic mass is 9.89. The monoisotopic (exact) mass is 526 g/mol. The van der Waals surface area contributed by atoms with E-state index in [9.17, 15) is 26.4 Å². The van der Waals surface area contributed by atoms with Crippen molar-refractivity contribution in [1.29, 1.82) is 0 Å². The van der Waals surface area contributed by atoms with E-state index < -0.39 is 27.7 Å². The largest absolute Gasteiger partial charge is 0.416 e. The number of hydrogen-bond donors (Lipinski definition) is 2. The molecule has 0 heterocycles. The molecule has 2 N–H and O–H groups in total. The minimum absolute atomic E-state index is 0.0725. The summed E-state index contributed by atoms with van der Waals surface area (Å²) in [6.45, 7) is 13.8. The van der Waals surface area contributed by atoms with Crippen molar-refractivity contribution in [3.05, 3.63) is 58.1 Å². The molecule has 0 aliphatic heterocycles. The van der Waals surface area contributed by atoms with Gasteiger partial charge < -0.3 is 5.32 Å². The molecule has 0 aliphatic rings. The summed E-state index contributed by atoms with van der Waals surface area (Å²) >= 11 is 0. The zero-order valence-corrected chi connectivity index (χ0v) is 22.8. The number of alkyl halides is 3. The van der Waals surface area contributed by atoms with E-state index in [0.717, 1.165) is 24.1 Å². The molecule has 0 aliphatic carbocycles. The number of sulfonamides is 1. The second-order valence-electron chi connectivity index (χ2n) is 10.0. The predicted octanol–water partition coefficient (Wildman–Crippen LogP) is 7.41. The number of amides is 1. The van der Waals surface area contributed by atoms with Gasteiger partial charge in [0.25, 0.3) is 15.9 Å². The molecular formula is C27H37F3N2O3S. The molecule has 0 saturated carbocycles. The van der Waals surface area contributed by atoms with Gasteiger partial charge in [-0.2, -0.15) is 13.2 Å². The van der Waals surface area contributed by atoms with Gasteiger partial charge in [0.05, 0.1) is 16.1 Å². The Morgan fingerprint density at radius 1 is 0.889 bits per heavy atom. The molecule has 36 heavy (non-hydrogen) atoms. The smallest absolute Gasteiger partial charge is 0.352 e. The number of carbonyl (C=O) groups excluding carboxylic acids is 1. The molecule has 0 unspecified atom stereocenters. The first-order valence-electron chi connectivity index (χ1n) is 12.3. The number of nitrogens with one attached hydrogen (secondary N) is 2. The van der Waals surface area contributed by atoms with E-state index in [4.69, 9.17) is 0 Å². The first-order valence-corrected chi connectivity index (χ1v) is 13.8. The van der Waals surface area contributed by atoms with Gasteiger partial charge >= 0.3 is 6.18 Å². The zero-order chi connectivity index (χ0) is 27.4. The van der Waals surface area contributed by atoms with Gasteiger partial charge in [0.2, 0.25) is 0 Å². The third-order valence-electron chi connectivity index (χ3n) is 5.94. The fraction of sp³-hybridized carbons (Fsp3) is 0.519. The summed E-state index contributed by atoms with van der Waals surface area (Å²) in [6, 6.07) is 6.30. The van der Waals surface area contributed by atoms with Crippen LogP contribution in [0.4, 0.5) is 18.9 Å². The van der Waals surface area contributed by atoms with E-state index in [1.807, 2.05) is 60.6 Å². The number of benzene rings is 2. The van der Waals surface area contributed by atoms with Crippen LogP contribution in [0.25, 0.3) is 0 Å². The topological polar surface area (TPSA) is 75.3 Å². The Morgan fingerprint density at radius 3 is 1.89 bits per heavy atom. The Bertz CT molecular complexity index is 1160. The van der Waals surface area contributed by atoms with Crippen LogP contribution >= 0.6 is 0 Å². The molecule has 5 nitrogen and oxygen atoms in total. The van der Waals surface area contributed by atoms with Gasteiger partial charge in [-0.25, -0.2) is 8.42 Å². The minimum atomic E-state index is -4.76. The van der Waals surface area contributed by atoms with Crippen LogP contribution in [0.2, 0.25) is 0 Å². The molecule has 0 spiro atoms. The van der Waals surface area contributed by atoms with Crippen molar-refractivity contribution in [2.45, 2.75) is 90.1 Å². The third-order valence-corrected chi connectivity index (χ3v) is 7.45. The van der Waals surface area contributed by atoms with E-state index in [-0.39, 0.29) is 33.9 Å². The average Bonchev–Trinajstić information content (AvgIpc) is 2.76. The summed E-state index contributed by atoms with van der Waals surface area (Å²) in [5.74, 6) is -0.813. The number of unbranched alkanes of at least 4 members (excludes halogenated alkanes) is 1. The highest BCUT2D eigenvalue weighted by atomic mass is 32.2. The van der Waals surface area contributed by atoms with Crippen LogP contribution < -0.4 is 10.0 Å². The lowest BCUT2D eigenvalue weighted by molar-refractivity contribution is -0.137. The standard InChI is InChI=1S/C27H37F3N2O3S/c1-8-9-10-31-26(33)20-11-21(27(28,29)30)15-22(12-20)32-36(34,35)25-23(17(4)5)13-19(16(2)3)14-24(25)18(6)7/h11-18,32H,8-10H2,1-7H3,(H,31,33).